The molecule has 148 valence electrons. The number of imide groups is 1. The molecule has 28 heavy (non-hydrogen) atoms. The monoisotopic (exact) mass is 381 g/mol. The Morgan fingerprint density at radius 3 is 1.54 bits per heavy atom. The van der Waals surface area contributed by atoms with Gasteiger partial charge in [-0.25, -0.2) is 9.59 Å². The van der Waals surface area contributed by atoms with Crippen molar-refractivity contribution in [1.29, 1.82) is 0 Å². The second-order valence-corrected chi connectivity index (χ2v) is 7.24. The lowest BCUT2D eigenvalue weighted by molar-refractivity contribution is 0.0660. The zero-order valence-electron chi connectivity index (χ0n) is 16.4. The molecule has 0 spiro atoms. The largest absolute Gasteiger partial charge is 0.327 e. The van der Waals surface area contributed by atoms with Gasteiger partial charge in [-0.2, -0.15) is 0 Å². The maximum Gasteiger partial charge on any atom is 0.327 e. The molecule has 2 aromatic carbocycles. The first kappa shape index (κ1) is 19.9. The van der Waals surface area contributed by atoms with Gasteiger partial charge in [-0.1, -0.05) is 60.7 Å². The summed E-state index contributed by atoms with van der Waals surface area (Å²) in [6, 6.07) is 19.5. The van der Waals surface area contributed by atoms with Crippen LogP contribution >= 0.6 is 0 Å². The molecule has 1 fully saturated rings. The molecular weight excluding hydrogens is 354 g/mol. The van der Waals surface area contributed by atoms with E-state index in [1.165, 1.54) is 11.1 Å². The standard InChI is InChI=1S/C21H27N5O2/c1-23(13-18-9-5-3-6-10-18)15-25-17-26(21(28)22-20(25)27)16-24(2)14-19-11-7-4-8-12-19/h3-12H,13-17H2,1-2H3,(H,22,27,28). The van der Waals surface area contributed by atoms with Crippen molar-refractivity contribution in [3.8, 4) is 0 Å². The molecule has 2 aromatic rings. The van der Waals surface area contributed by atoms with Crippen LogP contribution in [-0.2, 0) is 13.1 Å². The van der Waals surface area contributed by atoms with E-state index in [2.05, 4.69) is 39.4 Å². The van der Waals surface area contributed by atoms with Gasteiger partial charge in [0.05, 0.1) is 13.3 Å². The molecule has 0 saturated carbocycles. The molecule has 0 aromatic heterocycles. The number of amides is 4. The van der Waals surface area contributed by atoms with Crippen LogP contribution in [0, 0.1) is 0 Å². The Balaban J connectivity index is 1.54. The van der Waals surface area contributed by atoms with Crippen molar-refractivity contribution in [2.24, 2.45) is 0 Å². The predicted octanol–water partition coefficient (Wildman–Crippen LogP) is 2.57. The first-order valence-corrected chi connectivity index (χ1v) is 9.31. The van der Waals surface area contributed by atoms with Gasteiger partial charge < -0.3 is 0 Å². The van der Waals surface area contributed by atoms with Gasteiger partial charge in [0, 0.05) is 13.1 Å². The Bertz CT molecular complexity index is 718. The fourth-order valence-corrected chi connectivity index (χ4v) is 3.28. The molecule has 3 rings (SSSR count). The lowest BCUT2D eigenvalue weighted by Crippen LogP contribution is -2.62. The second-order valence-electron chi connectivity index (χ2n) is 7.24. The number of carbonyl (C=O) groups excluding carboxylic acids is 2. The molecule has 4 amide bonds. The summed E-state index contributed by atoms with van der Waals surface area (Å²) in [5.41, 5.74) is 2.36. The minimum absolute atomic E-state index is 0.267. The van der Waals surface area contributed by atoms with Crippen molar-refractivity contribution in [3.63, 3.8) is 0 Å². The van der Waals surface area contributed by atoms with Crippen molar-refractivity contribution in [3.05, 3.63) is 71.8 Å². The minimum atomic E-state index is -0.355. The maximum atomic E-state index is 12.2. The van der Waals surface area contributed by atoms with E-state index in [1.807, 2.05) is 50.5 Å². The normalized spacial score (nSPS) is 14.7. The van der Waals surface area contributed by atoms with Crippen LogP contribution < -0.4 is 5.32 Å². The fourth-order valence-electron chi connectivity index (χ4n) is 3.28. The second kappa shape index (κ2) is 9.34. The SMILES string of the molecule is CN(Cc1ccccc1)CN1CN(CN(C)Cc2ccccc2)C(=O)NC1=O. The average Bonchev–Trinajstić information content (AvgIpc) is 2.67. The summed E-state index contributed by atoms with van der Waals surface area (Å²) < 4.78 is 0. The summed E-state index contributed by atoms with van der Waals surface area (Å²) in [4.78, 5) is 31.9. The Morgan fingerprint density at radius 2 is 1.14 bits per heavy atom. The van der Waals surface area contributed by atoms with E-state index in [9.17, 15) is 9.59 Å². The molecule has 0 atom stereocenters. The van der Waals surface area contributed by atoms with Crippen LogP contribution in [-0.4, -0.2) is 65.8 Å². The maximum absolute atomic E-state index is 12.2. The van der Waals surface area contributed by atoms with E-state index in [0.29, 0.717) is 13.3 Å². The van der Waals surface area contributed by atoms with Gasteiger partial charge in [0.1, 0.15) is 6.67 Å². The van der Waals surface area contributed by atoms with E-state index in [-0.39, 0.29) is 18.7 Å². The third kappa shape index (κ3) is 5.55. The van der Waals surface area contributed by atoms with Crippen LogP contribution in [0.1, 0.15) is 11.1 Å². The molecule has 0 bridgehead atoms. The third-order valence-electron chi connectivity index (χ3n) is 4.54. The lowest BCUT2D eigenvalue weighted by Gasteiger charge is -2.38. The van der Waals surface area contributed by atoms with Crippen molar-refractivity contribution < 1.29 is 9.59 Å². The third-order valence-corrected chi connectivity index (χ3v) is 4.54. The zero-order valence-corrected chi connectivity index (χ0v) is 16.4. The molecule has 0 aliphatic carbocycles. The molecule has 1 aliphatic heterocycles. The summed E-state index contributed by atoms with van der Waals surface area (Å²) in [5, 5.41) is 2.44. The molecule has 1 heterocycles. The number of hydrogen-bond acceptors (Lipinski definition) is 4. The predicted molar refractivity (Wildman–Crippen MR) is 108 cm³/mol. The van der Waals surface area contributed by atoms with Gasteiger partial charge in [-0.15, -0.1) is 0 Å². The summed E-state index contributed by atoms with van der Waals surface area (Å²) in [5.74, 6) is 0. The average molecular weight is 381 g/mol. The van der Waals surface area contributed by atoms with Gasteiger partial charge in [0.2, 0.25) is 0 Å². The summed E-state index contributed by atoms with van der Waals surface area (Å²) in [7, 11) is 3.92. The first-order chi connectivity index (χ1) is 13.5. The van der Waals surface area contributed by atoms with Crippen molar-refractivity contribution in [2.75, 3.05) is 34.1 Å². The summed E-state index contributed by atoms with van der Waals surface area (Å²) in [6.45, 7) is 2.60. The van der Waals surface area contributed by atoms with Gasteiger partial charge in [-0.05, 0) is 25.2 Å². The van der Waals surface area contributed by atoms with Crippen LogP contribution in [0.2, 0.25) is 0 Å². The summed E-state index contributed by atoms with van der Waals surface area (Å²) in [6.07, 6.45) is 0. The Hall–Kier alpha value is -2.90. The highest BCUT2D eigenvalue weighted by Gasteiger charge is 2.30. The number of carbonyl (C=O) groups is 2. The number of urea groups is 2. The van der Waals surface area contributed by atoms with Gasteiger partial charge in [0.25, 0.3) is 0 Å². The molecule has 7 heteroatoms. The van der Waals surface area contributed by atoms with Crippen LogP contribution in [0.3, 0.4) is 0 Å². The topological polar surface area (TPSA) is 59.1 Å². The number of hydrogen-bond donors (Lipinski definition) is 1. The van der Waals surface area contributed by atoms with E-state index < -0.39 is 0 Å². The van der Waals surface area contributed by atoms with Crippen LogP contribution in [0.25, 0.3) is 0 Å². The van der Waals surface area contributed by atoms with Crippen molar-refractivity contribution in [2.45, 2.75) is 13.1 Å². The van der Waals surface area contributed by atoms with Gasteiger partial charge in [-0.3, -0.25) is 24.9 Å². The Kier molecular flexibility index (Phi) is 6.62. The van der Waals surface area contributed by atoms with Crippen LogP contribution in [0.4, 0.5) is 9.59 Å². The van der Waals surface area contributed by atoms with E-state index in [0.717, 1.165) is 13.1 Å². The molecule has 1 aliphatic rings. The van der Waals surface area contributed by atoms with Gasteiger partial charge in [0.15, 0.2) is 0 Å². The minimum Gasteiger partial charge on any atom is -0.293 e. The quantitative estimate of drug-likeness (QED) is 0.764. The number of nitrogens with zero attached hydrogens (tertiary/aromatic N) is 4. The van der Waals surface area contributed by atoms with Crippen molar-refractivity contribution in [1.82, 2.24) is 24.9 Å². The molecule has 0 radical (unpaired) electrons. The number of benzene rings is 2. The Morgan fingerprint density at radius 1 is 0.750 bits per heavy atom. The van der Waals surface area contributed by atoms with Crippen LogP contribution in [0.5, 0.6) is 0 Å². The summed E-state index contributed by atoms with van der Waals surface area (Å²) >= 11 is 0. The highest BCUT2D eigenvalue weighted by Crippen LogP contribution is 2.10. The molecular formula is C21H27N5O2. The molecule has 1 saturated heterocycles. The number of nitrogens with one attached hydrogen (secondary N) is 1. The smallest absolute Gasteiger partial charge is 0.293 e. The molecule has 7 nitrogen and oxygen atoms in total. The highest BCUT2D eigenvalue weighted by molar-refractivity contribution is 5.95. The highest BCUT2D eigenvalue weighted by atomic mass is 16.2. The number of rotatable bonds is 8. The van der Waals surface area contributed by atoms with Gasteiger partial charge >= 0.3 is 12.1 Å². The van der Waals surface area contributed by atoms with E-state index >= 15 is 0 Å². The van der Waals surface area contributed by atoms with Crippen LogP contribution in [0.15, 0.2) is 60.7 Å². The fraction of sp³-hybridized carbons (Fsp3) is 0.333. The molecule has 1 N–H and O–H groups in total. The zero-order chi connectivity index (χ0) is 19.9. The lowest BCUT2D eigenvalue weighted by atomic mass is 10.2. The van der Waals surface area contributed by atoms with E-state index in [4.69, 9.17) is 0 Å². The van der Waals surface area contributed by atoms with Crippen molar-refractivity contribution >= 4 is 12.1 Å². The molecule has 0 unspecified atom stereocenters. The first-order valence-electron chi connectivity index (χ1n) is 9.31. The Labute approximate surface area is 166 Å². The van der Waals surface area contributed by atoms with E-state index in [1.54, 1.807) is 9.80 Å².